The standard InChI is InChI=1S/C13H17N3O4/c14-13(17)12-2-1-7-15(12)8-9-20-11-5-3-10(4-6-11)16(18)19/h3-6,12H,1-2,7-9H2,(H2,14,17). The van der Waals surface area contributed by atoms with Crippen molar-refractivity contribution in [2.75, 3.05) is 19.7 Å². The highest BCUT2D eigenvalue weighted by Gasteiger charge is 2.28. The molecule has 1 heterocycles. The highest BCUT2D eigenvalue weighted by molar-refractivity contribution is 5.80. The third-order valence-electron chi connectivity index (χ3n) is 3.39. The van der Waals surface area contributed by atoms with Crippen molar-refractivity contribution in [1.82, 2.24) is 4.90 Å². The smallest absolute Gasteiger partial charge is 0.269 e. The van der Waals surface area contributed by atoms with E-state index in [2.05, 4.69) is 0 Å². The van der Waals surface area contributed by atoms with Gasteiger partial charge in [-0.05, 0) is 31.5 Å². The van der Waals surface area contributed by atoms with E-state index in [1.165, 1.54) is 12.1 Å². The average molecular weight is 279 g/mol. The van der Waals surface area contributed by atoms with Gasteiger partial charge < -0.3 is 10.5 Å². The molecule has 2 N–H and O–H groups in total. The number of nitro groups is 1. The van der Waals surface area contributed by atoms with Gasteiger partial charge in [-0.15, -0.1) is 0 Å². The summed E-state index contributed by atoms with van der Waals surface area (Å²) in [6, 6.07) is 5.73. The van der Waals surface area contributed by atoms with Gasteiger partial charge in [0.05, 0.1) is 11.0 Å². The lowest BCUT2D eigenvalue weighted by Gasteiger charge is -2.21. The van der Waals surface area contributed by atoms with E-state index in [0.717, 1.165) is 19.4 Å². The topological polar surface area (TPSA) is 98.7 Å². The van der Waals surface area contributed by atoms with Crippen LogP contribution in [0.2, 0.25) is 0 Å². The van der Waals surface area contributed by atoms with Crippen LogP contribution in [0.4, 0.5) is 5.69 Å². The van der Waals surface area contributed by atoms with E-state index in [1.54, 1.807) is 12.1 Å². The van der Waals surface area contributed by atoms with Gasteiger partial charge >= 0.3 is 0 Å². The number of amides is 1. The van der Waals surface area contributed by atoms with E-state index in [4.69, 9.17) is 10.5 Å². The number of ether oxygens (including phenoxy) is 1. The Hall–Kier alpha value is -2.15. The molecule has 0 saturated carbocycles. The summed E-state index contributed by atoms with van der Waals surface area (Å²) in [6.07, 6.45) is 1.76. The number of hydrogen-bond donors (Lipinski definition) is 1. The monoisotopic (exact) mass is 279 g/mol. The van der Waals surface area contributed by atoms with Gasteiger partial charge in [0.1, 0.15) is 12.4 Å². The molecular formula is C13H17N3O4. The average Bonchev–Trinajstić information content (AvgIpc) is 2.88. The Morgan fingerprint density at radius 2 is 2.15 bits per heavy atom. The minimum Gasteiger partial charge on any atom is -0.492 e. The Bertz CT molecular complexity index is 489. The molecule has 0 spiro atoms. The molecular weight excluding hydrogens is 262 g/mol. The molecule has 1 amide bonds. The van der Waals surface area contributed by atoms with Gasteiger partial charge in [0, 0.05) is 18.7 Å². The van der Waals surface area contributed by atoms with Gasteiger partial charge in [0.15, 0.2) is 0 Å². The number of nitrogens with zero attached hydrogens (tertiary/aromatic N) is 2. The van der Waals surface area contributed by atoms with E-state index in [-0.39, 0.29) is 17.6 Å². The van der Waals surface area contributed by atoms with Crippen molar-refractivity contribution in [2.45, 2.75) is 18.9 Å². The molecule has 20 heavy (non-hydrogen) atoms. The Morgan fingerprint density at radius 1 is 1.45 bits per heavy atom. The minimum atomic E-state index is -0.453. The third kappa shape index (κ3) is 3.45. The van der Waals surface area contributed by atoms with Crippen LogP contribution in [0.5, 0.6) is 5.75 Å². The largest absolute Gasteiger partial charge is 0.492 e. The predicted octanol–water partition coefficient (Wildman–Crippen LogP) is 0.923. The van der Waals surface area contributed by atoms with Gasteiger partial charge in [-0.3, -0.25) is 19.8 Å². The maximum Gasteiger partial charge on any atom is 0.269 e. The molecule has 0 aromatic heterocycles. The van der Waals surface area contributed by atoms with Crippen LogP contribution in [0, 0.1) is 10.1 Å². The van der Waals surface area contributed by atoms with Crippen molar-refractivity contribution in [3.05, 3.63) is 34.4 Å². The second-order valence-corrected chi connectivity index (χ2v) is 4.70. The SMILES string of the molecule is NC(=O)C1CCCN1CCOc1ccc([N+](=O)[O-])cc1. The first-order valence-electron chi connectivity index (χ1n) is 6.48. The first-order chi connectivity index (χ1) is 9.58. The maximum atomic E-state index is 11.2. The van der Waals surface area contributed by atoms with E-state index in [1.807, 2.05) is 4.90 Å². The summed E-state index contributed by atoms with van der Waals surface area (Å²) in [7, 11) is 0. The van der Waals surface area contributed by atoms with Crippen molar-refractivity contribution >= 4 is 11.6 Å². The number of nitro benzene ring substituents is 1. The molecule has 1 fully saturated rings. The second kappa shape index (κ2) is 6.33. The molecule has 1 aromatic rings. The highest BCUT2D eigenvalue weighted by Crippen LogP contribution is 2.19. The van der Waals surface area contributed by atoms with Crippen molar-refractivity contribution in [1.29, 1.82) is 0 Å². The molecule has 0 radical (unpaired) electrons. The second-order valence-electron chi connectivity index (χ2n) is 4.70. The number of primary amides is 1. The number of non-ortho nitro benzene ring substituents is 1. The fourth-order valence-corrected chi connectivity index (χ4v) is 2.36. The molecule has 0 bridgehead atoms. The number of carbonyl (C=O) groups excluding carboxylic acids is 1. The van der Waals surface area contributed by atoms with Crippen molar-refractivity contribution in [3.63, 3.8) is 0 Å². The highest BCUT2D eigenvalue weighted by atomic mass is 16.6. The Labute approximate surface area is 116 Å². The van der Waals surface area contributed by atoms with Crippen LogP contribution in [-0.2, 0) is 4.79 Å². The van der Waals surface area contributed by atoms with Crippen LogP contribution in [0.3, 0.4) is 0 Å². The zero-order valence-electron chi connectivity index (χ0n) is 11.0. The molecule has 1 unspecified atom stereocenters. The molecule has 2 rings (SSSR count). The number of hydrogen-bond acceptors (Lipinski definition) is 5. The van der Waals surface area contributed by atoms with Gasteiger partial charge in [-0.25, -0.2) is 0 Å². The fourth-order valence-electron chi connectivity index (χ4n) is 2.36. The minimum absolute atomic E-state index is 0.0330. The van der Waals surface area contributed by atoms with Gasteiger partial charge in [0.2, 0.25) is 5.91 Å². The van der Waals surface area contributed by atoms with Crippen molar-refractivity contribution in [3.8, 4) is 5.75 Å². The lowest BCUT2D eigenvalue weighted by atomic mass is 10.2. The zero-order chi connectivity index (χ0) is 14.5. The van der Waals surface area contributed by atoms with Gasteiger partial charge in [-0.1, -0.05) is 0 Å². The molecule has 1 saturated heterocycles. The van der Waals surface area contributed by atoms with Crippen LogP contribution in [-0.4, -0.2) is 41.5 Å². The first kappa shape index (κ1) is 14.3. The van der Waals surface area contributed by atoms with Crippen LogP contribution >= 0.6 is 0 Å². The molecule has 0 aliphatic carbocycles. The lowest BCUT2D eigenvalue weighted by molar-refractivity contribution is -0.384. The first-order valence-corrected chi connectivity index (χ1v) is 6.48. The summed E-state index contributed by atoms with van der Waals surface area (Å²) in [5.74, 6) is 0.281. The van der Waals surface area contributed by atoms with Crippen molar-refractivity contribution in [2.24, 2.45) is 5.73 Å². The van der Waals surface area contributed by atoms with Crippen LogP contribution in [0.15, 0.2) is 24.3 Å². The van der Waals surface area contributed by atoms with Crippen LogP contribution in [0.25, 0.3) is 0 Å². The number of likely N-dealkylation sites (tertiary alicyclic amines) is 1. The summed E-state index contributed by atoms with van der Waals surface area (Å²) in [4.78, 5) is 23.3. The Kier molecular flexibility index (Phi) is 4.52. The fraction of sp³-hybridized carbons (Fsp3) is 0.462. The van der Waals surface area contributed by atoms with Gasteiger partial charge in [0.25, 0.3) is 5.69 Å². The summed E-state index contributed by atoms with van der Waals surface area (Å²) >= 11 is 0. The summed E-state index contributed by atoms with van der Waals surface area (Å²) in [6.45, 7) is 1.88. The number of nitrogens with two attached hydrogens (primary N) is 1. The summed E-state index contributed by atoms with van der Waals surface area (Å²) in [5.41, 5.74) is 5.36. The molecule has 7 nitrogen and oxygen atoms in total. The van der Waals surface area contributed by atoms with E-state index < -0.39 is 4.92 Å². The maximum absolute atomic E-state index is 11.2. The normalized spacial score (nSPS) is 18.9. The van der Waals surface area contributed by atoms with E-state index in [9.17, 15) is 14.9 Å². The number of rotatable bonds is 6. The third-order valence-corrected chi connectivity index (χ3v) is 3.39. The van der Waals surface area contributed by atoms with Gasteiger partial charge in [-0.2, -0.15) is 0 Å². The Balaban J connectivity index is 1.81. The summed E-state index contributed by atoms with van der Waals surface area (Å²) in [5, 5.41) is 10.5. The van der Waals surface area contributed by atoms with Crippen LogP contribution in [0.1, 0.15) is 12.8 Å². The Morgan fingerprint density at radius 3 is 2.75 bits per heavy atom. The zero-order valence-corrected chi connectivity index (χ0v) is 11.0. The molecule has 1 aliphatic rings. The van der Waals surface area contributed by atoms with Crippen molar-refractivity contribution < 1.29 is 14.5 Å². The molecule has 108 valence electrons. The lowest BCUT2D eigenvalue weighted by Crippen LogP contribution is -2.42. The van der Waals surface area contributed by atoms with Crippen LogP contribution < -0.4 is 10.5 Å². The molecule has 1 aromatic carbocycles. The van der Waals surface area contributed by atoms with E-state index >= 15 is 0 Å². The summed E-state index contributed by atoms with van der Waals surface area (Å²) < 4.78 is 5.51. The van der Waals surface area contributed by atoms with E-state index in [0.29, 0.717) is 18.9 Å². The number of carbonyl (C=O) groups is 1. The quantitative estimate of drug-likeness (QED) is 0.616. The number of benzene rings is 1. The molecule has 1 aliphatic heterocycles. The predicted molar refractivity (Wildman–Crippen MR) is 72.4 cm³/mol. The molecule has 1 atom stereocenters. The molecule has 7 heteroatoms.